The topological polar surface area (TPSA) is 0 Å². The Labute approximate surface area is 108 Å². The Bertz CT molecular complexity index is 520. The van der Waals surface area contributed by atoms with E-state index in [9.17, 15) is 13.2 Å². The number of hydrogen-bond acceptors (Lipinski definition) is 0. The van der Waals surface area contributed by atoms with Gasteiger partial charge in [-0.15, -0.1) is 11.6 Å². The van der Waals surface area contributed by atoms with Crippen molar-refractivity contribution in [3.63, 3.8) is 0 Å². The first-order chi connectivity index (χ1) is 8.50. The van der Waals surface area contributed by atoms with Gasteiger partial charge < -0.3 is 0 Å². The smallest absolute Gasteiger partial charge is 0.166 e. The number of rotatable bonds is 2. The third kappa shape index (κ3) is 2.67. The van der Waals surface area contributed by atoms with Crippen molar-refractivity contribution in [1.82, 2.24) is 0 Å². The van der Waals surface area contributed by atoms with Gasteiger partial charge in [-0.1, -0.05) is 48.5 Å². The van der Waals surface area contributed by atoms with Crippen LogP contribution in [0.1, 0.15) is 22.1 Å². The standard InChI is InChI=1S/C14H10ClF3/c15-13(10-6-2-1-3-7-10)11-8-4-5-9-12(11)14(16,17)18/h1-9,13H. The van der Waals surface area contributed by atoms with E-state index in [4.69, 9.17) is 11.6 Å². The molecule has 0 bridgehead atoms. The fraction of sp³-hybridized carbons (Fsp3) is 0.143. The monoisotopic (exact) mass is 270 g/mol. The van der Waals surface area contributed by atoms with Crippen LogP contribution in [-0.4, -0.2) is 0 Å². The second-order valence-electron chi connectivity index (χ2n) is 3.86. The second-order valence-corrected chi connectivity index (χ2v) is 4.29. The molecule has 0 aliphatic carbocycles. The van der Waals surface area contributed by atoms with Crippen LogP contribution < -0.4 is 0 Å². The lowest BCUT2D eigenvalue weighted by Gasteiger charge is -2.17. The zero-order chi connectivity index (χ0) is 13.2. The maximum absolute atomic E-state index is 12.9. The number of alkyl halides is 4. The van der Waals surface area contributed by atoms with E-state index in [-0.39, 0.29) is 5.56 Å². The molecule has 0 heterocycles. The van der Waals surface area contributed by atoms with Crippen molar-refractivity contribution in [2.45, 2.75) is 11.6 Å². The second kappa shape index (κ2) is 5.02. The minimum atomic E-state index is -4.39. The van der Waals surface area contributed by atoms with Crippen LogP contribution in [0.4, 0.5) is 13.2 Å². The highest BCUT2D eigenvalue weighted by Gasteiger charge is 2.34. The Hall–Kier alpha value is -1.48. The van der Waals surface area contributed by atoms with E-state index in [2.05, 4.69) is 0 Å². The molecule has 0 aliphatic rings. The van der Waals surface area contributed by atoms with Crippen molar-refractivity contribution in [1.29, 1.82) is 0 Å². The third-order valence-corrected chi connectivity index (χ3v) is 3.12. The van der Waals surface area contributed by atoms with Crippen LogP contribution in [-0.2, 0) is 6.18 Å². The van der Waals surface area contributed by atoms with Crippen LogP contribution in [0.15, 0.2) is 54.6 Å². The first kappa shape index (κ1) is 13.0. The molecule has 2 aromatic rings. The van der Waals surface area contributed by atoms with E-state index in [1.807, 2.05) is 0 Å². The van der Waals surface area contributed by atoms with Gasteiger partial charge in [0.1, 0.15) is 0 Å². The highest BCUT2D eigenvalue weighted by Crippen LogP contribution is 2.38. The van der Waals surface area contributed by atoms with Gasteiger partial charge in [-0.05, 0) is 17.2 Å². The van der Waals surface area contributed by atoms with Gasteiger partial charge in [0.25, 0.3) is 0 Å². The van der Waals surface area contributed by atoms with Crippen LogP contribution in [0.5, 0.6) is 0 Å². The van der Waals surface area contributed by atoms with Crippen LogP contribution in [0.3, 0.4) is 0 Å². The Kier molecular flexibility index (Phi) is 3.62. The minimum absolute atomic E-state index is 0.0814. The molecule has 0 saturated carbocycles. The molecule has 1 unspecified atom stereocenters. The van der Waals surface area contributed by atoms with Crippen LogP contribution >= 0.6 is 11.6 Å². The van der Waals surface area contributed by atoms with Crippen molar-refractivity contribution in [2.24, 2.45) is 0 Å². The van der Waals surface area contributed by atoms with Gasteiger partial charge in [0.05, 0.1) is 10.9 Å². The van der Waals surface area contributed by atoms with Crippen LogP contribution in [0, 0.1) is 0 Å². The van der Waals surface area contributed by atoms with Gasteiger partial charge in [0.15, 0.2) is 0 Å². The highest BCUT2D eigenvalue weighted by atomic mass is 35.5. The summed E-state index contributed by atoms with van der Waals surface area (Å²) in [5.41, 5.74) is 0.0441. The van der Waals surface area contributed by atoms with E-state index < -0.39 is 17.1 Å². The molecule has 2 aromatic carbocycles. The van der Waals surface area contributed by atoms with Crippen molar-refractivity contribution in [3.8, 4) is 0 Å². The molecule has 0 aromatic heterocycles. The van der Waals surface area contributed by atoms with Crippen molar-refractivity contribution in [2.75, 3.05) is 0 Å². The van der Waals surface area contributed by atoms with Gasteiger partial charge in [-0.3, -0.25) is 0 Å². The molecule has 0 fully saturated rings. The molecule has 0 spiro atoms. The third-order valence-electron chi connectivity index (χ3n) is 2.63. The molecule has 0 N–H and O–H groups in total. The van der Waals surface area contributed by atoms with Gasteiger partial charge in [-0.25, -0.2) is 0 Å². The van der Waals surface area contributed by atoms with Crippen LogP contribution in [0.25, 0.3) is 0 Å². The first-order valence-electron chi connectivity index (χ1n) is 5.35. The van der Waals surface area contributed by atoms with Gasteiger partial charge in [-0.2, -0.15) is 13.2 Å². The zero-order valence-corrected chi connectivity index (χ0v) is 10.0. The molecule has 0 amide bonds. The summed E-state index contributed by atoms with van der Waals surface area (Å²) in [6.07, 6.45) is -4.39. The molecule has 0 aliphatic heterocycles. The highest BCUT2D eigenvalue weighted by molar-refractivity contribution is 6.22. The van der Waals surface area contributed by atoms with Crippen molar-refractivity contribution < 1.29 is 13.2 Å². The van der Waals surface area contributed by atoms with E-state index in [1.54, 1.807) is 36.4 Å². The predicted molar refractivity (Wildman–Crippen MR) is 65.6 cm³/mol. The lowest BCUT2D eigenvalue weighted by Crippen LogP contribution is -2.10. The van der Waals surface area contributed by atoms with Gasteiger partial charge >= 0.3 is 6.18 Å². The maximum atomic E-state index is 12.9. The van der Waals surface area contributed by atoms with E-state index in [1.165, 1.54) is 12.1 Å². The largest absolute Gasteiger partial charge is 0.416 e. The summed E-state index contributed by atoms with van der Waals surface area (Å²) in [6, 6.07) is 14.1. The van der Waals surface area contributed by atoms with E-state index >= 15 is 0 Å². The number of hydrogen-bond donors (Lipinski definition) is 0. The van der Waals surface area contributed by atoms with E-state index in [0.717, 1.165) is 6.07 Å². The average Bonchev–Trinajstić information content (AvgIpc) is 2.38. The Morgan fingerprint density at radius 2 is 1.39 bits per heavy atom. The summed E-state index contributed by atoms with van der Waals surface area (Å²) in [7, 11) is 0. The van der Waals surface area contributed by atoms with Gasteiger partial charge in [0.2, 0.25) is 0 Å². The summed E-state index contributed by atoms with van der Waals surface area (Å²) >= 11 is 6.14. The molecule has 4 heteroatoms. The molecule has 0 saturated heterocycles. The Morgan fingerprint density at radius 1 is 0.833 bits per heavy atom. The Balaban J connectivity index is 2.46. The zero-order valence-electron chi connectivity index (χ0n) is 9.29. The molecule has 1 atom stereocenters. The quantitative estimate of drug-likeness (QED) is 0.671. The lowest BCUT2D eigenvalue weighted by molar-refractivity contribution is -0.138. The summed E-state index contributed by atoms with van der Waals surface area (Å²) in [6.45, 7) is 0. The Morgan fingerprint density at radius 3 is 2.00 bits per heavy atom. The number of benzene rings is 2. The molecule has 0 nitrogen and oxygen atoms in total. The SMILES string of the molecule is FC(F)(F)c1ccccc1C(Cl)c1ccccc1. The number of halogens is 4. The fourth-order valence-corrected chi connectivity index (χ4v) is 2.11. The molecule has 94 valence electrons. The molecular weight excluding hydrogens is 261 g/mol. The van der Waals surface area contributed by atoms with Gasteiger partial charge in [0, 0.05) is 0 Å². The van der Waals surface area contributed by atoms with Crippen molar-refractivity contribution >= 4 is 11.6 Å². The summed E-state index contributed by atoms with van der Waals surface area (Å²) in [4.78, 5) is 0. The van der Waals surface area contributed by atoms with Crippen LogP contribution in [0.2, 0.25) is 0 Å². The normalized spacial score (nSPS) is 13.3. The minimum Gasteiger partial charge on any atom is -0.166 e. The molecular formula is C14H10ClF3. The lowest BCUT2D eigenvalue weighted by atomic mass is 9.99. The predicted octanol–water partition coefficient (Wildman–Crippen LogP) is 5.03. The summed E-state index contributed by atoms with van der Waals surface area (Å²) in [5, 5.41) is -0.802. The average molecular weight is 271 g/mol. The summed E-state index contributed by atoms with van der Waals surface area (Å²) < 4.78 is 38.6. The molecule has 2 rings (SSSR count). The van der Waals surface area contributed by atoms with E-state index in [0.29, 0.717) is 5.56 Å². The van der Waals surface area contributed by atoms with Crippen molar-refractivity contribution in [3.05, 3.63) is 71.3 Å². The summed E-state index contributed by atoms with van der Waals surface area (Å²) in [5.74, 6) is 0. The first-order valence-corrected chi connectivity index (χ1v) is 5.79. The maximum Gasteiger partial charge on any atom is 0.416 e. The molecule has 0 radical (unpaired) electrons. The molecule has 18 heavy (non-hydrogen) atoms. The fourth-order valence-electron chi connectivity index (χ4n) is 1.78.